The predicted octanol–water partition coefficient (Wildman–Crippen LogP) is 4.82. The van der Waals surface area contributed by atoms with E-state index in [0.717, 1.165) is 12.1 Å². The quantitative estimate of drug-likeness (QED) is 0.589. The summed E-state index contributed by atoms with van der Waals surface area (Å²) in [6.07, 6.45) is -3.31. The topological polar surface area (TPSA) is 63.4 Å². The predicted molar refractivity (Wildman–Crippen MR) is 94.0 cm³/mol. The highest BCUT2D eigenvalue weighted by atomic mass is 19.4. The number of aromatic nitrogens is 1. The second kappa shape index (κ2) is 8.03. The van der Waals surface area contributed by atoms with Crippen molar-refractivity contribution in [2.24, 2.45) is 0 Å². The molecule has 146 valence electrons. The molecule has 0 fully saturated rings. The molecule has 0 saturated carbocycles. The molecule has 2 aromatic carbocycles. The molecule has 3 aromatic rings. The van der Waals surface area contributed by atoms with Crippen molar-refractivity contribution in [3.8, 4) is 17.2 Å². The first-order valence-corrected chi connectivity index (χ1v) is 8.03. The van der Waals surface area contributed by atoms with Gasteiger partial charge in [0.15, 0.2) is 0 Å². The summed E-state index contributed by atoms with van der Waals surface area (Å²) < 4.78 is 59.7. The SMILES string of the molecule is O=c1cc(NCc2cc(F)ccc2Oc2ccc(OC(F)(F)F)cc2)cc[nH]1. The summed E-state index contributed by atoms with van der Waals surface area (Å²) in [5.41, 5.74) is 0.699. The number of anilines is 1. The molecule has 28 heavy (non-hydrogen) atoms. The largest absolute Gasteiger partial charge is 0.573 e. The highest BCUT2D eigenvalue weighted by Crippen LogP contribution is 2.29. The van der Waals surface area contributed by atoms with Crippen LogP contribution in [-0.4, -0.2) is 11.3 Å². The molecule has 0 spiro atoms. The third kappa shape index (κ3) is 5.50. The second-order valence-corrected chi connectivity index (χ2v) is 5.67. The lowest BCUT2D eigenvalue weighted by Crippen LogP contribution is -2.16. The van der Waals surface area contributed by atoms with Gasteiger partial charge in [0.2, 0.25) is 5.56 Å². The molecule has 0 radical (unpaired) electrons. The van der Waals surface area contributed by atoms with E-state index < -0.39 is 12.2 Å². The number of halogens is 4. The van der Waals surface area contributed by atoms with Crippen LogP contribution < -0.4 is 20.3 Å². The van der Waals surface area contributed by atoms with E-state index in [2.05, 4.69) is 15.0 Å². The normalized spacial score (nSPS) is 11.1. The molecule has 5 nitrogen and oxygen atoms in total. The third-order valence-corrected chi connectivity index (χ3v) is 3.57. The second-order valence-electron chi connectivity index (χ2n) is 5.67. The van der Waals surface area contributed by atoms with Crippen molar-refractivity contribution < 1.29 is 27.0 Å². The Hall–Kier alpha value is -3.49. The van der Waals surface area contributed by atoms with Crippen LogP contribution >= 0.6 is 0 Å². The van der Waals surface area contributed by atoms with Crippen molar-refractivity contribution >= 4 is 5.69 Å². The lowest BCUT2D eigenvalue weighted by atomic mass is 10.2. The first kappa shape index (κ1) is 19.3. The standard InChI is InChI=1S/C19H14F4N2O3/c20-13-1-6-17(12(9-13)11-25-14-7-8-24-18(26)10-14)27-15-2-4-16(5-3-15)28-19(21,22)23/h1-10H,11H2,(H2,24,25,26). The van der Waals surface area contributed by atoms with Crippen LogP contribution in [-0.2, 0) is 6.54 Å². The van der Waals surface area contributed by atoms with Crippen LogP contribution in [0.2, 0.25) is 0 Å². The minimum absolute atomic E-state index is 0.159. The number of aromatic amines is 1. The number of nitrogens with one attached hydrogen (secondary N) is 2. The van der Waals surface area contributed by atoms with Gasteiger partial charge in [-0.05, 0) is 48.5 Å². The van der Waals surface area contributed by atoms with E-state index in [1.54, 1.807) is 6.07 Å². The summed E-state index contributed by atoms with van der Waals surface area (Å²) >= 11 is 0. The highest BCUT2D eigenvalue weighted by Gasteiger charge is 2.31. The molecule has 0 aliphatic carbocycles. The molecule has 3 rings (SSSR count). The maximum absolute atomic E-state index is 13.6. The molecule has 0 aliphatic rings. The van der Waals surface area contributed by atoms with Gasteiger partial charge in [0.25, 0.3) is 0 Å². The molecule has 0 bridgehead atoms. The van der Waals surface area contributed by atoms with Gasteiger partial charge >= 0.3 is 6.36 Å². The molecule has 9 heteroatoms. The Balaban J connectivity index is 1.74. The molecule has 0 amide bonds. The molecule has 0 saturated heterocycles. The van der Waals surface area contributed by atoms with Gasteiger partial charge in [-0.25, -0.2) is 4.39 Å². The van der Waals surface area contributed by atoms with Gasteiger partial charge in [-0.3, -0.25) is 4.79 Å². The molecule has 2 N–H and O–H groups in total. The maximum Gasteiger partial charge on any atom is 0.573 e. The first-order valence-electron chi connectivity index (χ1n) is 8.03. The van der Waals surface area contributed by atoms with E-state index in [0.29, 0.717) is 17.0 Å². The Bertz CT molecular complexity index is 1000. The number of H-pyrrole nitrogens is 1. The first-order chi connectivity index (χ1) is 13.3. The van der Waals surface area contributed by atoms with Crippen molar-refractivity contribution in [3.63, 3.8) is 0 Å². The smallest absolute Gasteiger partial charge is 0.457 e. The van der Waals surface area contributed by atoms with Crippen LogP contribution in [0.3, 0.4) is 0 Å². The zero-order valence-corrected chi connectivity index (χ0v) is 14.2. The van der Waals surface area contributed by atoms with E-state index >= 15 is 0 Å². The number of pyridine rings is 1. The number of hydrogen-bond acceptors (Lipinski definition) is 4. The summed E-state index contributed by atoms with van der Waals surface area (Å²) in [7, 11) is 0. The van der Waals surface area contributed by atoms with Gasteiger partial charge < -0.3 is 19.8 Å². The fourth-order valence-electron chi connectivity index (χ4n) is 2.37. The van der Waals surface area contributed by atoms with E-state index in [1.165, 1.54) is 42.6 Å². The summed E-state index contributed by atoms with van der Waals surface area (Å²) in [6, 6.07) is 11.7. The van der Waals surface area contributed by atoms with Gasteiger partial charge in [0.05, 0.1) is 0 Å². The van der Waals surface area contributed by atoms with E-state index in [9.17, 15) is 22.4 Å². The molecule has 1 heterocycles. The van der Waals surface area contributed by atoms with Crippen molar-refractivity contribution in [3.05, 3.63) is 82.5 Å². The molecular formula is C19H14F4N2O3. The number of ether oxygens (including phenoxy) is 2. The van der Waals surface area contributed by atoms with Crippen LogP contribution in [0, 0.1) is 5.82 Å². The average Bonchev–Trinajstić information content (AvgIpc) is 2.62. The average molecular weight is 394 g/mol. The minimum atomic E-state index is -4.78. The fraction of sp³-hybridized carbons (Fsp3) is 0.105. The molecule has 0 atom stereocenters. The fourth-order valence-corrected chi connectivity index (χ4v) is 2.37. The van der Waals surface area contributed by atoms with E-state index in [1.807, 2.05) is 0 Å². The maximum atomic E-state index is 13.6. The molecule has 0 aliphatic heterocycles. The van der Waals surface area contributed by atoms with Crippen molar-refractivity contribution in [2.45, 2.75) is 12.9 Å². The summed E-state index contributed by atoms with van der Waals surface area (Å²) in [5.74, 6) is -0.305. The Morgan fingerprint density at radius 1 is 0.964 bits per heavy atom. The van der Waals surface area contributed by atoms with Gasteiger partial charge in [0, 0.05) is 30.1 Å². The minimum Gasteiger partial charge on any atom is -0.457 e. The Morgan fingerprint density at radius 2 is 1.68 bits per heavy atom. The van der Waals surface area contributed by atoms with E-state index in [4.69, 9.17) is 4.74 Å². The summed E-state index contributed by atoms with van der Waals surface area (Å²) in [6.45, 7) is 0.159. The molecule has 1 aromatic heterocycles. The molecule has 0 unspecified atom stereocenters. The number of alkyl halides is 3. The number of hydrogen-bond donors (Lipinski definition) is 2. The highest BCUT2D eigenvalue weighted by molar-refractivity contribution is 5.45. The summed E-state index contributed by atoms with van der Waals surface area (Å²) in [4.78, 5) is 13.8. The lowest BCUT2D eigenvalue weighted by molar-refractivity contribution is -0.274. The zero-order chi connectivity index (χ0) is 20.1. The number of rotatable bonds is 6. The van der Waals surface area contributed by atoms with Gasteiger partial charge in [-0.1, -0.05) is 0 Å². The van der Waals surface area contributed by atoms with Crippen LogP contribution in [0.4, 0.5) is 23.2 Å². The van der Waals surface area contributed by atoms with Gasteiger partial charge in [-0.15, -0.1) is 13.2 Å². The summed E-state index contributed by atoms with van der Waals surface area (Å²) in [5, 5.41) is 2.98. The number of benzene rings is 2. The van der Waals surface area contributed by atoms with Crippen molar-refractivity contribution in [1.82, 2.24) is 4.98 Å². The third-order valence-electron chi connectivity index (χ3n) is 3.57. The van der Waals surface area contributed by atoms with Crippen LogP contribution in [0.1, 0.15) is 5.56 Å². The van der Waals surface area contributed by atoms with E-state index in [-0.39, 0.29) is 23.6 Å². The van der Waals surface area contributed by atoms with Gasteiger partial charge in [-0.2, -0.15) is 0 Å². The van der Waals surface area contributed by atoms with Crippen LogP contribution in [0.5, 0.6) is 17.2 Å². The van der Waals surface area contributed by atoms with Crippen molar-refractivity contribution in [1.29, 1.82) is 0 Å². The Morgan fingerprint density at radius 3 is 2.36 bits per heavy atom. The van der Waals surface area contributed by atoms with Crippen LogP contribution in [0.25, 0.3) is 0 Å². The molecular weight excluding hydrogens is 380 g/mol. The lowest BCUT2D eigenvalue weighted by Gasteiger charge is -2.14. The Kier molecular flexibility index (Phi) is 5.53. The van der Waals surface area contributed by atoms with Crippen molar-refractivity contribution in [2.75, 3.05) is 5.32 Å². The zero-order valence-electron chi connectivity index (χ0n) is 14.2. The monoisotopic (exact) mass is 394 g/mol. The Labute approximate surface area is 156 Å². The van der Waals surface area contributed by atoms with Gasteiger partial charge in [0.1, 0.15) is 23.1 Å². The van der Waals surface area contributed by atoms with Crippen LogP contribution in [0.15, 0.2) is 65.6 Å².